The smallest absolute Gasteiger partial charge is 0.262 e. The van der Waals surface area contributed by atoms with Crippen molar-refractivity contribution in [3.8, 4) is 0 Å². The van der Waals surface area contributed by atoms with E-state index in [1.165, 1.54) is 16.3 Å². The van der Waals surface area contributed by atoms with Gasteiger partial charge in [0, 0.05) is 10.6 Å². The maximum Gasteiger partial charge on any atom is 0.262 e. The standard InChI is InChI=1S/C21H21ClN2O3S/c1-12-4-6-16(13(2)8-12)19(26)11-28-21-23-18-9-15(22)5-7-17(18)20(27)24(21)10-14(3)25/h4-9,14,25H,10-11H2,1-3H3/t14-/m0/s1. The van der Waals surface area contributed by atoms with Crippen LogP contribution in [0.25, 0.3) is 10.9 Å². The van der Waals surface area contributed by atoms with Gasteiger partial charge in [-0.25, -0.2) is 4.98 Å². The number of benzene rings is 2. The summed E-state index contributed by atoms with van der Waals surface area (Å²) in [5, 5.41) is 11.1. The molecule has 146 valence electrons. The number of ketones is 1. The number of aromatic nitrogens is 2. The van der Waals surface area contributed by atoms with Crippen LogP contribution in [0.5, 0.6) is 0 Å². The van der Waals surface area contributed by atoms with Crippen LogP contribution in [0.15, 0.2) is 46.3 Å². The molecule has 0 spiro atoms. The normalized spacial score (nSPS) is 12.3. The lowest BCUT2D eigenvalue weighted by atomic mass is 10.0. The van der Waals surface area contributed by atoms with Gasteiger partial charge >= 0.3 is 0 Å². The Morgan fingerprint density at radius 1 is 1.25 bits per heavy atom. The average molecular weight is 417 g/mol. The SMILES string of the molecule is Cc1ccc(C(=O)CSc2nc3cc(Cl)ccc3c(=O)n2C[C@H](C)O)c(C)c1. The number of hydrogen-bond donors (Lipinski definition) is 1. The number of rotatable bonds is 6. The molecule has 0 aliphatic carbocycles. The number of aliphatic hydroxyl groups is 1. The number of fused-ring (bicyclic) bond motifs is 1. The van der Waals surface area contributed by atoms with E-state index in [1.54, 1.807) is 25.1 Å². The number of Topliss-reactive ketones (excluding diaryl/α,β-unsaturated/α-hetero) is 1. The Bertz CT molecular complexity index is 1110. The Kier molecular flexibility index (Phi) is 6.23. The molecule has 2 aromatic carbocycles. The maximum absolute atomic E-state index is 12.9. The molecule has 7 heteroatoms. The Morgan fingerprint density at radius 2 is 2.00 bits per heavy atom. The minimum absolute atomic E-state index is 0.0356. The second kappa shape index (κ2) is 8.47. The third kappa shape index (κ3) is 4.46. The number of thioether (sulfide) groups is 1. The minimum Gasteiger partial charge on any atom is -0.392 e. The van der Waals surface area contributed by atoms with E-state index in [9.17, 15) is 14.7 Å². The zero-order valence-corrected chi connectivity index (χ0v) is 17.5. The van der Waals surface area contributed by atoms with Crippen LogP contribution >= 0.6 is 23.4 Å². The van der Waals surface area contributed by atoms with Crippen LogP contribution in [0.1, 0.15) is 28.4 Å². The lowest BCUT2D eigenvalue weighted by Crippen LogP contribution is -2.28. The van der Waals surface area contributed by atoms with Crippen molar-refractivity contribution in [3.63, 3.8) is 0 Å². The fourth-order valence-corrected chi connectivity index (χ4v) is 4.10. The van der Waals surface area contributed by atoms with Gasteiger partial charge in [0.1, 0.15) is 0 Å². The molecule has 3 aromatic rings. The fourth-order valence-electron chi connectivity index (χ4n) is 3.04. The zero-order chi connectivity index (χ0) is 20.4. The second-order valence-electron chi connectivity index (χ2n) is 6.85. The summed E-state index contributed by atoms with van der Waals surface area (Å²) >= 11 is 7.22. The lowest BCUT2D eigenvalue weighted by molar-refractivity contribution is 0.102. The van der Waals surface area contributed by atoms with E-state index in [2.05, 4.69) is 4.98 Å². The van der Waals surface area contributed by atoms with Crippen LogP contribution in [-0.4, -0.2) is 32.3 Å². The summed E-state index contributed by atoms with van der Waals surface area (Å²) in [6.07, 6.45) is -0.723. The molecule has 0 radical (unpaired) electrons. The number of nitrogens with zero attached hydrogens (tertiary/aromatic N) is 2. The van der Waals surface area contributed by atoms with E-state index in [-0.39, 0.29) is 23.6 Å². The van der Waals surface area contributed by atoms with Gasteiger partial charge in [0.2, 0.25) is 0 Å². The fraction of sp³-hybridized carbons (Fsp3) is 0.286. The second-order valence-corrected chi connectivity index (χ2v) is 8.23. The number of carbonyl (C=O) groups is 1. The van der Waals surface area contributed by atoms with E-state index in [0.29, 0.717) is 26.6 Å². The third-order valence-electron chi connectivity index (χ3n) is 4.34. The molecule has 1 aromatic heterocycles. The van der Waals surface area contributed by atoms with Gasteiger partial charge in [-0.1, -0.05) is 47.1 Å². The molecule has 0 amide bonds. The Balaban J connectivity index is 1.96. The van der Waals surface area contributed by atoms with E-state index in [1.807, 2.05) is 32.0 Å². The largest absolute Gasteiger partial charge is 0.392 e. The van der Waals surface area contributed by atoms with Crippen molar-refractivity contribution in [1.82, 2.24) is 9.55 Å². The Morgan fingerprint density at radius 3 is 2.68 bits per heavy atom. The van der Waals surface area contributed by atoms with Gasteiger partial charge in [0.05, 0.1) is 29.3 Å². The molecule has 1 heterocycles. The first-order valence-corrected chi connectivity index (χ1v) is 10.2. The maximum atomic E-state index is 12.9. The average Bonchev–Trinajstić information content (AvgIpc) is 2.62. The van der Waals surface area contributed by atoms with Crippen LogP contribution in [0, 0.1) is 13.8 Å². The highest BCUT2D eigenvalue weighted by molar-refractivity contribution is 7.99. The molecule has 28 heavy (non-hydrogen) atoms. The van der Waals surface area contributed by atoms with Crippen LogP contribution < -0.4 is 5.56 Å². The van der Waals surface area contributed by atoms with Crippen LogP contribution in [-0.2, 0) is 6.54 Å². The first-order valence-electron chi connectivity index (χ1n) is 8.87. The van der Waals surface area contributed by atoms with Crippen molar-refractivity contribution >= 4 is 40.0 Å². The zero-order valence-electron chi connectivity index (χ0n) is 15.9. The molecule has 1 N–H and O–H groups in total. The van der Waals surface area contributed by atoms with Crippen LogP contribution in [0.2, 0.25) is 5.02 Å². The summed E-state index contributed by atoms with van der Waals surface area (Å²) in [7, 11) is 0. The molecule has 0 saturated carbocycles. The van der Waals surface area contributed by atoms with Gasteiger partial charge in [0.25, 0.3) is 5.56 Å². The summed E-state index contributed by atoms with van der Waals surface area (Å²) in [5.41, 5.74) is 2.89. The van der Waals surface area contributed by atoms with Gasteiger partial charge in [-0.3, -0.25) is 14.2 Å². The predicted octanol–water partition coefficient (Wildman–Crippen LogP) is 4.02. The van der Waals surface area contributed by atoms with Crippen molar-refractivity contribution in [2.75, 3.05) is 5.75 Å². The number of carbonyl (C=O) groups excluding carboxylic acids is 1. The molecule has 3 rings (SSSR count). The monoisotopic (exact) mass is 416 g/mol. The van der Waals surface area contributed by atoms with E-state index in [4.69, 9.17) is 11.6 Å². The minimum atomic E-state index is -0.723. The molecular weight excluding hydrogens is 396 g/mol. The highest BCUT2D eigenvalue weighted by atomic mass is 35.5. The summed E-state index contributed by atoms with van der Waals surface area (Å²) in [4.78, 5) is 30.1. The Labute approximate surface area is 172 Å². The highest BCUT2D eigenvalue weighted by Gasteiger charge is 2.16. The van der Waals surface area contributed by atoms with Crippen LogP contribution in [0.3, 0.4) is 0 Å². The van der Waals surface area contributed by atoms with E-state index < -0.39 is 6.10 Å². The molecule has 0 fully saturated rings. The molecule has 0 saturated heterocycles. The van der Waals surface area contributed by atoms with Gasteiger partial charge in [0.15, 0.2) is 10.9 Å². The van der Waals surface area contributed by atoms with Gasteiger partial charge in [-0.15, -0.1) is 0 Å². The van der Waals surface area contributed by atoms with Crippen molar-refractivity contribution in [1.29, 1.82) is 0 Å². The molecule has 0 aliphatic rings. The summed E-state index contributed by atoms with van der Waals surface area (Å²) in [5.74, 6) is 0.105. The molecule has 5 nitrogen and oxygen atoms in total. The summed E-state index contributed by atoms with van der Waals surface area (Å²) < 4.78 is 1.42. The molecule has 0 bridgehead atoms. The van der Waals surface area contributed by atoms with Crippen molar-refractivity contribution in [3.05, 3.63) is 68.5 Å². The van der Waals surface area contributed by atoms with E-state index in [0.717, 1.165) is 11.1 Å². The van der Waals surface area contributed by atoms with Crippen molar-refractivity contribution in [2.24, 2.45) is 0 Å². The first kappa shape index (κ1) is 20.6. The molecular formula is C21H21ClN2O3S. The third-order valence-corrected chi connectivity index (χ3v) is 5.56. The van der Waals surface area contributed by atoms with Gasteiger partial charge in [-0.05, 0) is 44.5 Å². The van der Waals surface area contributed by atoms with E-state index >= 15 is 0 Å². The van der Waals surface area contributed by atoms with Crippen molar-refractivity contribution < 1.29 is 9.90 Å². The summed E-state index contributed by atoms with van der Waals surface area (Å²) in [6, 6.07) is 10.6. The number of halogens is 1. The summed E-state index contributed by atoms with van der Waals surface area (Å²) in [6.45, 7) is 5.59. The molecule has 0 unspecified atom stereocenters. The van der Waals surface area contributed by atoms with Crippen molar-refractivity contribution in [2.45, 2.75) is 38.6 Å². The topological polar surface area (TPSA) is 72.2 Å². The first-order chi connectivity index (χ1) is 13.3. The molecule has 1 atom stereocenters. The number of aryl methyl sites for hydroxylation is 2. The van der Waals surface area contributed by atoms with Gasteiger partial charge < -0.3 is 5.11 Å². The van der Waals surface area contributed by atoms with Gasteiger partial charge in [-0.2, -0.15) is 0 Å². The lowest BCUT2D eigenvalue weighted by Gasteiger charge is -2.14. The van der Waals surface area contributed by atoms with Crippen LogP contribution in [0.4, 0.5) is 0 Å². The number of hydrogen-bond acceptors (Lipinski definition) is 5. The molecule has 0 aliphatic heterocycles. The number of aliphatic hydroxyl groups excluding tert-OH is 1. The highest BCUT2D eigenvalue weighted by Crippen LogP contribution is 2.22. The quantitative estimate of drug-likeness (QED) is 0.373. The Hall–Kier alpha value is -2.15. The predicted molar refractivity (Wildman–Crippen MR) is 114 cm³/mol.